The van der Waals surface area contributed by atoms with E-state index in [1.165, 1.54) is 0 Å². The standard InChI is InChI=1S/C4H11N.C3H6N6/c1-3-5-4-2;4-1-7-2(5)9-3(6)8-1/h5H,3-4H2,1-2H3;(H6,4,5,6,7,8,9). The second-order valence-corrected chi connectivity index (χ2v) is 2.37. The van der Waals surface area contributed by atoms with E-state index in [1.54, 1.807) is 0 Å². The van der Waals surface area contributed by atoms with Crippen molar-refractivity contribution >= 4 is 17.8 Å². The first-order chi connectivity index (χ1) is 6.60. The molecule has 0 saturated carbocycles. The van der Waals surface area contributed by atoms with Gasteiger partial charge in [-0.25, -0.2) is 0 Å². The van der Waals surface area contributed by atoms with E-state index < -0.39 is 0 Å². The Hall–Kier alpha value is -1.63. The molecule has 0 bridgehead atoms. The molecule has 7 N–H and O–H groups in total. The number of nitrogen functional groups attached to an aromatic ring is 3. The summed E-state index contributed by atoms with van der Waals surface area (Å²) < 4.78 is 0. The van der Waals surface area contributed by atoms with Gasteiger partial charge in [0.2, 0.25) is 17.8 Å². The van der Waals surface area contributed by atoms with Crippen LogP contribution in [0.5, 0.6) is 0 Å². The van der Waals surface area contributed by atoms with Crippen LogP contribution in [0.25, 0.3) is 0 Å². The molecule has 7 heteroatoms. The molecule has 0 aromatic carbocycles. The fraction of sp³-hybridized carbons (Fsp3) is 0.571. The number of aromatic nitrogens is 3. The molecule has 1 rings (SSSR count). The summed E-state index contributed by atoms with van der Waals surface area (Å²) in [5.74, 6) is 0.125. The van der Waals surface area contributed by atoms with Crippen molar-refractivity contribution in [3.05, 3.63) is 0 Å². The zero-order valence-electron chi connectivity index (χ0n) is 8.49. The van der Waals surface area contributed by atoms with Crippen LogP contribution in [0.4, 0.5) is 17.8 Å². The summed E-state index contributed by atoms with van der Waals surface area (Å²) in [6.45, 7) is 6.39. The van der Waals surface area contributed by atoms with Crippen LogP contribution < -0.4 is 22.5 Å². The van der Waals surface area contributed by atoms with Crippen LogP contribution in [-0.4, -0.2) is 28.0 Å². The Bertz CT molecular complexity index is 210. The van der Waals surface area contributed by atoms with Gasteiger partial charge in [0.25, 0.3) is 0 Å². The van der Waals surface area contributed by atoms with Crippen molar-refractivity contribution in [1.29, 1.82) is 0 Å². The van der Waals surface area contributed by atoms with E-state index in [-0.39, 0.29) is 17.8 Å². The van der Waals surface area contributed by atoms with Gasteiger partial charge in [0.1, 0.15) is 0 Å². The van der Waals surface area contributed by atoms with Crippen molar-refractivity contribution in [3.8, 4) is 0 Å². The van der Waals surface area contributed by atoms with Gasteiger partial charge in [-0.2, -0.15) is 15.0 Å². The smallest absolute Gasteiger partial charge is 0.226 e. The first kappa shape index (κ1) is 12.4. The summed E-state index contributed by atoms with van der Waals surface area (Å²) in [7, 11) is 0. The van der Waals surface area contributed by atoms with Gasteiger partial charge in [-0.15, -0.1) is 0 Å². The van der Waals surface area contributed by atoms with Crippen LogP contribution in [0.3, 0.4) is 0 Å². The predicted molar refractivity (Wildman–Crippen MR) is 57.3 cm³/mol. The van der Waals surface area contributed by atoms with Crippen LogP contribution in [0, 0.1) is 0 Å². The topological polar surface area (TPSA) is 129 Å². The average molecular weight is 199 g/mol. The van der Waals surface area contributed by atoms with E-state index in [1.807, 2.05) is 0 Å². The largest absolute Gasteiger partial charge is 0.368 e. The highest BCUT2D eigenvalue weighted by molar-refractivity contribution is 5.33. The molecule has 0 aliphatic rings. The zero-order chi connectivity index (χ0) is 11.0. The Morgan fingerprint density at radius 1 is 0.857 bits per heavy atom. The van der Waals surface area contributed by atoms with Gasteiger partial charge >= 0.3 is 0 Å². The molecule has 0 spiro atoms. The fourth-order valence-electron chi connectivity index (χ4n) is 0.677. The van der Waals surface area contributed by atoms with Gasteiger partial charge in [0.15, 0.2) is 0 Å². The van der Waals surface area contributed by atoms with Crippen molar-refractivity contribution < 1.29 is 0 Å². The molecule has 0 aliphatic carbocycles. The first-order valence-electron chi connectivity index (χ1n) is 4.33. The molecule has 0 radical (unpaired) electrons. The third kappa shape index (κ3) is 5.95. The Balaban J connectivity index is 0.000000292. The van der Waals surface area contributed by atoms with E-state index in [0.717, 1.165) is 13.1 Å². The summed E-state index contributed by atoms with van der Waals surface area (Å²) >= 11 is 0. The minimum Gasteiger partial charge on any atom is -0.368 e. The lowest BCUT2D eigenvalue weighted by Gasteiger charge is -1.93. The van der Waals surface area contributed by atoms with Crippen molar-refractivity contribution in [1.82, 2.24) is 20.3 Å². The monoisotopic (exact) mass is 199 g/mol. The summed E-state index contributed by atoms with van der Waals surface area (Å²) in [6.07, 6.45) is 0. The molecule has 14 heavy (non-hydrogen) atoms. The number of nitrogens with zero attached hydrogens (tertiary/aromatic N) is 3. The van der Waals surface area contributed by atoms with Crippen LogP contribution in [0.15, 0.2) is 0 Å². The third-order valence-electron chi connectivity index (χ3n) is 1.19. The Morgan fingerprint density at radius 3 is 1.29 bits per heavy atom. The summed E-state index contributed by atoms with van der Waals surface area (Å²) in [4.78, 5) is 10.5. The molecule has 0 saturated heterocycles. The number of rotatable bonds is 2. The molecule has 0 unspecified atom stereocenters. The highest BCUT2D eigenvalue weighted by atomic mass is 15.2. The van der Waals surface area contributed by atoms with Crippen LogP contribution in [-0.2, 0) is 0 Å². The van der Waals surface area contributed by atoms with Gasteiger partial charge in [-0.3, -0.25) is 0 Å². The average Bonchev–Trinajstić information content (AvgIpc) is 2.03. The Morgan fingerprint density at radius 2 is 1.14 bits per heavy atom. The molecule has 1 heterocycles. The van der Waals surface area contributed by atoms with Crippen LogP contribution in [0.2, 0.25) is 0 Å². The second-order valence-electron chi connectivity index (χ2n) is 2.37. The van der Waals surface area contributed by atoms with Crippen LogP contribution in [0.1, 0.15) is 13.8 Å². The predicted octanol–water partition coefficient (Wildman–Crippen LogP) is -0.766. The van der Waals surface area contributed by atoms with Gasteiger partial charge in [0.05, 0.1) is 0 Å². The molecule has 0 amide bonds. The molecule has 0 aliphatic heterocycles. The van der Waals surface area contributed by atoms with Crippen molar-refractivity contribution in [2.75, 3.05) is 30.3 Å². The maximum atomic E-state index is 5.14. The third-order valence-corrected chi connectivity index (χ3v) is 1.19. The molecule has 1 aromatic heterocycles. The number of hydrogen-bond donors (Lipinski definition) is 4. The molecule has 1 aromatic rings. The summed E-state index contributed by atoms with van der Waals surface area (Å²) in [5.41, 5.74) is 15.4. The summed E-state index contributed by atoms with van der Waals surface area (Å²) in [6, 6.07) is 0. The quantitative estimate of drug-likeness (QED) is 0.492. The first-order valence-corrected chi connectivity index (χ1v) is 4.33. The van der Waals surface area contributed by atoms with Crippen molar-refractivity contribution in [2.45, 2.75) is 13.8 Å². The highest BCUT2D eigenvalue weighted by Crippen LogP contribution is 1.97. The van der Waals surface area contributed by atoms with E-state index in [4.69, 9.17) is 17.2 Å². The highest BCUT2D eigenvalue weighted by Gasteiger charge is 1.93. The molecule has 0 fully saturated rings. The van der Waals surface area contributed by atoms with E-state index in [2.05, 4.69) is 34.1 Å². The second kappa shape index (κ2) is 6.84. The number of nitrogens with two attached hydrogens (primary N) is 3. The van der Waals surface area contributed by atoms with Gasteiger partial charge < -0.3 is 22.5 Å². The SMILES string of the molecule is CCNCC.Nc1nc(N)nc(N)n1. The van der Waals surface area contributed by atoms with Gasteiger partial charge in [-0.05, 0) is 13.1 Å². The lowest BCUT2D eigenvalue weighted by atomic mass is 10.7. The molecule has 0 atom stereocenters. The van der Waals surface area contributed by atoms with Crippen LogP contribution >= 0.6 is 0 Å². The summed E-state index contributed by atoms with van der Waals surface area (Å²) in [5, 5.41) is 3.11. The molecule has 7 nitrogen and oxygen atoms in total. The lowest BCUT2D eigenvalue weighted by molar-refractivity contribution is 0.762. The fourth-order valence-corrected chi connectivity index (χ4v) is 0.677. The minimum atomic E-state index is 0.0417. The van der Waals surface area contributed by atoms with Gasteiger partial charge in [0, 0.05) is 0 Å². The van der Waals surface area contributed by atoms with E-state index in [9.17, 15) is 0 Å². The maximum Gasteiger partial charge on any atom is 0.226 e. The Kier molecular flexibility index (Phi) is 6.04. The zero-order valence-corrected chi connectivity index (χ0v) is 8.49. The number of anilines is 3. The van der Waals surface area contributed by atoms with E-state index in [0.29, 0.717) is 0 Å². The number of nitrogens with one attached hydrogen (secondary N) is 1. The Labute approximate surface area is 83.1 Å². The lowest BCUT2D eigenvalue weighted by Crippen LogP contribution is -2.09. The van der Waals surface area contributed by atoms with Gasteiger partial charge in [-0.1, -0.05) is 13.8 Å². The minimum absolute atomic E-state index is 0.0417. The molecular formula is C7H17N7. The molecule has 80 valence electrons. The number of hydrogen-bond acceptors (Lipinski definition) is 7. The molecular weight excluding hydrogens is 182 g/mol. The normalized spacial score (nSPS) is 9.00. The van der Waals surface area contributed by atoms with E-state index >= 15 is 0 Å². The van der Waals surface area contributed by atoms with Crippen molar-refractivity contribution in [2.24, 2.45) is 0 Å². The van der Waals surface area contributed by atoms with Crippen molar-refractivity contribution in [3.63, 3.8) is 0 Å². The maximum absolute atomic E-state index is 5.14.